The van der Waals surface area contributed by atoms with Gasteiger partial charge in [0.25, 0.3) is 5.91 Å². The molecule has 31 heavy (non-hydrogen) atoms. The number of phenols is 1. The molecule has 2 saturated heterocycles. The Balaban J connectivity index is 1.66. The van der Waals surface area contributed by atoms with Crippen molar-refractivity contribution in [2.75, 3.05) is 9.96 Å². The summed E-state index contributed by atoms with van der Waals surface area (Å²) in [6, 6.07) is 21.9. The van der Waals surface area contributed by atoms with Crippen molar-refractivity contribution in [2.45, 2.75) is 19.1 Å². The fourth-order valence-electron chi connectivity index (χ4n) is 4.45. The zero-order valence-electron chi connectivity index (χ0n) is 16.6. The summed E-state index contributed by atoms with van der Waals surface area (Å²) in [4.78, 5) is 34.4. The number of fused-ring (bicyclic) bond motifs is 1. The van der Waals surface area contributed by atoms with Gasteiger partial charge in [-0.2, -0.15) is 0 Å². The first kappa shape index (κ1) is 19.6. The molecule has 2 aliphatic heterocycles. The predicted octanol–water partition coefficient (Wildman–Crippen LogP) is 4.49. The van der Waals surface area contributed by atoms with Crippen molar-refractivity contribution in [1.82, 2.24) is 0 Å². The molecule has 2 heterocycles. The molecule has 0 spiro atoms. The van der Waals surface area contributed by atoms with Crippen LogP contribution in [0.15, 0.2) is 78.9 Å². The van der Waals surface area contributed by atoms with E-state index in [0.29, 0.717) is 22.0 Å². The van der Waals surface area contributed by atoms with E-state index in [9.17, 15) is 14.7 Å². The third-order valence-electron chi connectivity index (χ3n) is 6.00. The van der Waals surface area contributed by atoms with Gasteiger partial charge in [-0.15, -0.1) is 0 Å². The molecule has 7 heteroatoms. The van der Waals surface area contributed by atoms with Gasteiger partial charge < -0.3 is 5.11 Å². The number of nitrogens with zero attached hydrogens (tertiary/aromatic N) is 2. The molecule has 3 aromatic carbocycles. The summed E-state index contributed by atoms with van der Waals surface area (Å²) in [5.74, 6) is -0.811. The zero-order valence-corrected chi connectivity index (χ0v) is 17.4. The average Bonchev–Trinajstić information content (AvgIpc) is 3.19. The number of hydrogen-bond donors (Lipinski definition) is 1. The van der Waals surface area contributed by atoms with E-state index < -0.39 is 29.4 Å². The van der Waals surface area contributed by atoms with Gasteiger partial charge in [0.1, 0.15) is 17.2 Å². The van der Waals surface area contributed by atoms with E-state index in [1.54, 1.807) is 60.5 Å². The lowest BCUT2D eigenvalue weighted by Crippen LogP contribution is -2.41. The van der Waals surface area contributed by atoms with E-state index in [1.807, 2.05) is 30.3 Å². The van der Waals surface area contributed by atoms with Crippen LogP contribution in [0.2, 0.25) is 5.02 Å². The largest absolute Gasteiger partial charge is 0.508 e. The van der Waals surface area contributed by atoms with Crippen molar-refractivity contribution in [1.29, 1.82) is 0 Å². The Morgan fingerprint density at radius 2 is 1.55 bits per heavy atom. The highest BCUT2D eigenvalue weighted by atomic mass is 35.5. The third-order valence-corrected chi connectivity index (χ3v) is 6.25. The van der Waals surface area contributed by atoms with Crippen LogP contribution in [0.5, 0.6) is 5.75 Å². The van der Waals surface area contributed by atoms with Gasteiger partial charge in [0, 0.05) is 10.6 Å². The summed E-state index contributed by atoms with van der Waals surface area (Å²) >= 11 is 5.97. The molecule has 156 valence electrons. The van der Waals surface area contributed by atoms with Gasteiger partial charge in [-0.1, -0.05) is 48.0 Å². The number of halogens is 1. The van der Waals surface area contributed by atoms with Crippen molar-refractivity contribution in [3.63, 3.8) is 0 Å². The summed E-state index contributed by atoms with van der Waals surface area (Å²) < 4.78 is 0. The van der Waals surface area contributed by atoms with E-state index in [0.717, 1.165) is 4.90 Å². The van der Waals surface area contributed by atoms with Crippen LogP contribution in [-0.4, -0.2) is 23.0 Å². The second kappa shape index (κ2) is 7.11. The number of para-hydroxylation sites is 2. The topological polar surface area (TPSA) is 70.1 Å². The van der Waals surface area contributed by atoms with E-state index in [2.05, 4.69) is 0 Å². The summed E-state index contributed by atoms with van der Waals surface area (Å²) in [6.07, 6.45) is -1.04. The molecule has 5 rings (SSSR count). The molecule has 0 unspecified atom stereocenters. The van der Waals surface area contributed by atoms with Crippen LogP contribution in [-0.2, 0) is 14.4 Å². The molecule has 0 saturated carbocycles. The number of aromatic hydroxyl groups is 1. The van der Waals surface area contributed by atoms with Gasteiger partial charge in [-0.05, 0) is 49.4 Å². The van der Waals surface area contributed by atoms with Crippen molar-refractivity contribution in [3.8, 4) is 5.75 Å². The smallest absolute Gasteiger partial charge is 0.266 e. The summed E-state index contributed by atoms with van der Waals surface area (Å²) in [6.45, 7) is 1.72. The van der Waals surface area contributed by atoms with Crippen LogP contribution in [0.1, 0.15) is 18.5 Å². The first-order chi connectivity index (χ1) is 14.9. The maximum absolute atomic E-state index is 13.8. The zero-order chi connectivity index (χ0) is 21.8. The lowest BCUT2D eigenvalue weighted by molar-refractivity contribution is -0.128. The first-order valence-electron chi connectivity index (χ1n) is 9.86. The standard InChI is InChI=1S/C24H19ClN2O4/c1-24-20(18-9-5-6-10-19(18)28)27(17-7-3-2-4-8-17)31-21(24)22(29)26(23(24)30)16-13-11-15(25)12-14-16/h2-14,20-21,28H,1H3/t20-,21+,24-/m1/s1. The highest BCUT2D eigenvalue weighted by Gasteiger charge is 2.69. The minimum absolute atomic E-state index is 0.0316. The fourth-order valence-corrected chi connectivity index (χ4v) is 4.57. The molecule has 0 bridgehead atoms. The molecule has 1 N–H and O–H groups in total. The number of amides is 2. The van der Waals surface area contributed by atoms with Crippen LogP contribution < -0.4 is 9.96 Å². The highest BCUT2D eigenvalue weighted by Crippen LogP contribution is 2.56. The molecular weight excluding hydrogens is 416 g/mol. The van der Waals surface area contributed by atoms with Crippen LogP contribution in [0.3, 0.4) is 0 Å². The van der Waals surface area contributed by atoms with Gasteiger partial charge in [-0.3, -0.25) is 14.4 Å². The van der Waals surface area contributed by atoms with E-state index >= 15 is 0 Å². The molecule has 2 amide bonds. The van der Waals surface area contributed by atoms with Crippen LogP contribution in [0.4, 0.5) is 11.4 Å². The number of hydroxylamine groups is 1. The normalized spacial score (nSPS) is 25.2. The Labute approximate surface area is 184 Å². The predicted molar refractivity (Wildman–Crippen MR) is 117 cm³/mol. The van der Waals surface area contributed by atoms with Gasteiger partial charge in [0.2, 0.25) is 5.91 Å². The second-order valence-electron chi connectivity index (χ2n) is 7.85. The van der Waals surface area contributed by atoms with Gasteiger partial charge in [0.15, 0.2) is 6.10 Å². The molecule has 2 aliphatic rings. The third kappa shape index (κ3) is 2.83. The van der Waals surface area contributed by atoms with E-state index in [4.69, 9.17) is 16.4 Å². The number of carbonyl (C=O) groups is 2. The van der Waals surface area contributed by atoms with E-state index in [1.165, 1.54) is 0 Å². The molecule has 0 aliphatic carbocycles. The van der Waals surface area contributed by atoms with Crippen LogP contribution in [0, 0.1) is 5.41 Å². The van der Waals surface area contributed by atoms with Crippen molar-refractivity contribution >= 4 is 34.8 Å². The molecule has 6 nitrogen and oxygen atoms in total. The Hall–Kier alpha value is -3.35. The fraction of sp³-hybridized carbons (Fsp3) is 0.167. The second-order valence-corrected chi connectivity index (χ2v) is 8.28. The molecule has 0 aromatic heterocycles. The number of phenolic OH excluding ortho intramolecular Hbond substituents is 1. The molecule has 3 aromatic rings. The minimum Gasteiger partial charge on any atom is -0.508 e. The summed E-state index contributed by atoms with van der Waals surface area (Å²) in [5.41, 5.74) is 0.368. The number of hydrogen-bond acceptors (Lipinski definition) is 5. The van der Waals surface area contributed by atoms with Crippen molar-refractivity contribution in [3.05, 3.63) is 89.4 Å². The monoisotopic (exact) mass is 434 g/mol. The number of rotatable bonds is 3. The summed E-state index contributed by atoms with van der Waals surface area (Å²) in [7, 11) is 0. The Morgan fingerprint density at radius 3 is 2.23 bits per heavy atom. The van der Waals surface area contributed by atoms with E-state index in [-0.39, 0.29) is 5.75 Å². The van der Waals surface area contributed by atoms with Crippen LogP contribution >= 0.6 is 11.6 Å². The molecule has 0 radical (unpaired) electrons. The summed E-state index contributed by atoms with van der Waals surface area (Å²) in [5, 5.41) is 12.7. The SMILES string of the molecule is C[C@]12C(=O)N(c3ccc(Cl)cc3)C(=O)[C@@H]1ON(c1ccccc1)[C@@H]2c1ccccc1O. The maximum atomic E-state index is 13.8. The number of imide groups is 1. The Morgan fingerprint density at radius 1 is 0.903 bits per heavy atom. The van der Waals surface area contributed by atoms with Gasteiger partial charge >= 0.3 is 0 Å². The maximum Gasteiger partial charge on any atom is 0.266 e. The van der Waals surface area contributed by atoms with Crippen molar-refractivity contribution in [2.24, 2.45) is 5.41 Å². The molecule has 2 fully saturated rings. The Bertz CT molecular complexity index is 1170. The quantitative estimate of drug-likeness (QED) is 0.615. The van der Waals surface area contributed by atoms with Crippen molar-refractivity contribution < 1.29 is 19.5 Å². The minimum atomic E-state index is -1.26. The lowest BCUT2D eigenvalue weighted by Gasteiger charge is -2.33. The van der Waals surface area contributed by atoms with Gasteiger partial charge in [0.05, 0.1) is 11.4 Å². The number of carbonyl (C=O) groups excluding carboxylic acids is 2. The molecular formula is C24H19ClN2O4. The lowest BCUT2D eigenvalue weighted by atomic mass is 9.76. The number of anilines is 2. The van der Waals surface area contributed by atoms with Crippen LogP contribution in [0.25, 0.3) is 0 Å². The highest BCUT2D eigenvalue weighted by molar-refractivity contribution is 6.31. The molecule has 3 atom stereocenters. The Kier molecular flexibility index (Phi) is 4.50. The first-order valence-corrected chi connectivity index (χ1v) is 10.2. The number of benzene rings is 3. The van der Waals surface area contributed by atoms with Gasteiger partial charge in [-0.25, -0.2) is 9.96 Å². The average molecular weight is 435 g/mol.